The molecule has 4 N–H and O–H groups in total. The maximum atomic E-state index is 3.88. The van der Waals surface area contributed by atoms with Crippen molar-refractivity contribution in [2.24, 2.45) is 0 Å². The average Bonchev–Trinajstić information content (AvgIpc) is 2.95. The highest BCUT2D eigenvalue weighted by molar-refractivity contribution is 5.80. The molecule has 6 heteroatoms. The van der Waals surface area contributed by atoms with Gasteiger partial charge >= 0.3 is 0 Å². The lowest BCUT2D eigenvalue weighted by Gasteiger charge is -2.31. The number of allylic oxidation sites excluding steroid dienone is 1. The Morgan fingerprint density at radius 1 is 1.00 bits per heavy atom. The van der Waals surface area contributed by atoms with Gasteiger partial charge in [0.1, 0.15) is 11.6 Å². The predicted molar refractivity (Wildman–Crippen MR) is 104 cm³/mol. The number of nitrogens with zero attached hydrogens (tertiary/aromatic N) is 2. The van der Waals surface area contributed by atoms with Crippen LogP contribution in [0.2, 0.25) is 0 Å². The van der Waals surface area contributed by atoms with Crippen LogP contribution >= 0.6 is 0 Å². The molecule has 1 aromatic carbocycles. The summed E-state index contributed by atoms with van der Waals surface area (Å²) in [5.74, 6) is 1.92. The quantitative estimate of drug-likeness (QED) is 0.489. The summed E-state index contributed by atoms with van der Waals surface area (Å²) in [5.41, 5.74) is 10.6. The fraction of sp³-hybridized carbons (Fsp3) is 0.158. The van der Waals surface area contributed by atoms with E-state index < -0.39 is 0 Å². The standard InChI is InChI=1S/C19H24N6/c1-5-14-11-20-18(24(3)16(14)6-2)12-21-22-13-19-23-15-9-7-8-10-17(15)25(19)4/h5-10,12-13,20-23H,1-2,11H2,3-4H3/b18-12+,19-13+. The van der Waals surface area contributed by atoms with E-state index in [9.17, 15) is 0 Å². The number of nitrogens with one attached hydrogen (secondary N) is 4. The van der Waals surface area contributed by atoms with E-state index in [0.29, 0.717) is 0 Å². The monoisotopic (exact) mass is 336 g/mol. The Labute approximate surface area is 148 Å². The van der Waals surface area contributed by atoms with Gasteiger partial charge in [-0.05, 0) is 23.8 Å². The number of hydrogen-bond acceptors (Lipinski definition) is 6. The van der Waals surface area contributed by atoms with E-state index in [-0.39, 0.29) is 0 Å². The molecule has 25 heavy (non-hydrogen) atoms. The van der Waals surface area contributed by atoms with Gasteiger partial charge in [-0.15, -0.1) is 0 Å². The minimum Gasteiger partial charge on any atom is -0.366 e. The summed E-state index contributed by atoms with van der Waals surface area (Å²) in [5, 5.41) is 6.71. The van der Waals surface area contributed by atoms with Crippen molar-refractivity contribution in [2.75, 3.05) is 30.9 Å². The van der Waals surface area contributed by atoms with Gasteiger partial charge in [-0.25, -0.2) is 0 Å². The van der Waals surface area contributed by atoms with Crippen LogP contribution in [0.4, 0.5) is 11.4 Å². The van der Waals surface area contributed by atoms with Gasteiger partial charge in [0.05, 0.1) is 23.8 Å². The molecule has 0 bridgehead atoms. The Morgan fingerprint density at radius 3 is 2.40 bits per heavy atom. The predicted octanol–water partition coefficient (Wildman–Crippen LogP) is 2.40. The van der Waals surface area contributed by atoms with E-state index in [0.717, 1.165) is 40.8 Å². The highest BCUT2D eigenvalue weighted by atomic mass is 15.4. The van der Waals surface area contributed by atoms with Gasteiger partial charge in [-0.3, -0.25) is 0 Å². The molecule has 2 heterocycles. The van der Waals surface area contributed by atoms with Crippen molar-refractivity contribution in [3.05, 3.63) is 84.9 Å². The minimum absolute atomic E-state index is 0.726. The van der Waals surface area contributed by atoms with Crippen LogP contribution < -0.4 is 26.4 Å². The van der Waals surface area contributed by atoms with Gasteiger partial charge in [0.2, 0.25) is 0 Å². The normalized spacial score (nSPS) is 19.4. The highest BCUT2D eigenvalue weighted by Gasteiger charge is 2.19. The maximum Gasteiger partial charge on any atom is 0.128 e. The van der Waals surface area contributed by atoms with Crippen LogP contribution in [0, 0.1) is 0 Å². The Kier molecular flexibility index (Phi) is 4.70. The first-order chi connectivity index (χ1) is 12.2. The molecule has 0 amide bonds. The van der Waals surface area contributed by atoms with Crippen molar-refractivity contribution in [3.63, 3.8) is 0 Å². The number of anilines is 2. The Hall–Kier alpha value is -3.28. The fourth-order valence-corrected chi connectivity index (χ4v) is 2.91. The molecule has 0 radical (unpaired) electrons. The van der Waals surface area contributed by atoms with Crippen molar-refractivity contribution in [1.82, 2.24) is 21.1 Å². The fourth-order valence-electron chi connectivity index (χ4n) is 2.91. The zero-order valence-corrected chi connectivity index (χ0v) is 14.6. The van der Waals surface area contributed by atoms with Gasteiger partial charge in [0.25, 0.3) is 0 Å². The highest BCUT2D eigenvalue weighted by Crippen LogP contribution is 2.34. The summed E-state index contributed by atoms with van der Waals surface area (Å²) in [6.07, 6.45) is 7.46. The maximum absolute atomic E-state index is 3.88. The number of fused-ring (bicyclic) bond motifs is 1. The van der Waals surface area contributed by atoms with Crippen molar-refractivity contribution >= 4 is 11.4 Å². The molecule has 0 aliphatic carbocycles. The third kappa shape index (κ3) is 3.19. The Morgan fingerprint density at radius 2 is 1.72 bits per heavy atom. The first-order valence-electron chi connectivity index (χ1n) is 8.12. The van der Waals surface area contributed by atoms with Crippen LogP contribution in [0.25, 0.3) is 0 Å². The minimum atomic E-state index is 0.726. The van der Waals surface area contributed by atoms with Gasteiger partial charge in [-0.1, -0.05) is 31.4 Å². The molecule has 0 saturated heterocycles. The zero-order chi connectivity index (χ0) is 17.8. The molecule has 3 rings (SSSR count). The van der Waals surface area contributed by atoms with Gasteiger partial charge in [-0.2, -0.15) is 0 Å². The molecule has 0 aromatic heterocycles. The molecular formula is C19H24N6. The summed E-state index contributed by atoms with van der Waals surface area (Å²) in [6.45, 7) is 8.45. The van der Waals surface area contributed by atoms with E-state index in [4.69, 9.17) is 0 Å². The van der Waals surface area contributed by atoms with E-state index in [1.54, 1.807) is 0 Å². The van der Waals surface area contributed by atoms with Crippen LogP contribution in [0.3, 0.4) is 0 Å². The molecule has 2 aliphatic heterocycles. The second-order valence-electron chi connectivity index (χ2n) is 5.78. The summed E-state index contributed by atoms with van der Waals surface area (Å²) < 4.78 is 0. The molecule has 2 aliphatic rings. The summed E-state index contributed by atoms with van der Waals surface area (Å²) >= 11 is 0. The number of benzene rings is 1. The molecule has 6 nitrogen and oxygen atoms in total. The Bertz CT molecular complexity index is 774. The van der Waals surface area contributed by atoms with E-state index in [1.807, 2.05) is 55.7 Å². The van der Waals surface area contributed by atoms with Gasteiger partial charge < -0.3 is 31.3 Å². The Balaban J connectivity index is 1.62. The number of likely N-dealkylation sites (N-methyl/N-ethyl adjacent to an activating group) is 1. The number of rotatable bonds is 5. The molecule has 0 unspecified atom stereocenters. The summed E-state index contributed by atoms with van der Waals surface area (Å²) in [4.78, 5) is 4.13. The SMILES string of the molecule is C=CC1=C(C=C)N(C)/C(=C/NN/C=C2\Nc3ccccc3N2C)NC1. The molecule has 0 saturated carbocycles. The molecular weight excluding hydrogens is 312 g/mol. The van der Waals surface area contributed by atoms with Crippen molar-refractivity contribution < 1.29 is 0 Å². The van der Waals surface area contributed by atoms with Crippen LogP contribution in [0.15, 0.2) is 84.9 Å². The first-order valence-corrected chi connectivity index (χ1v) is 8.12. The topological polar surface area (TPSA) is 54.6 Å². The first kappa shape index (κ1) is 16.6. The smallest absolute Gasteiger partial charge is 0.128 e. The summed E-state index contributed by atoms with van der Waals surface area (Å²) in [6, 6.07) is 8.19. The molecule has 0 spiro atoms. The van der Waals surface area contributed by atoms with Gasteiger partial charge in [0.15, 0.2) is 0 Å². The van der Waals surface area contributed by atoms with Crippen molar-refractivity contribution in [1.29, 1.82) is 0 Å². The second kappa shape index (κ2) is 7.09. The molecule has 130 valence electrons. The van der Waals surface area contributed by atoms with Crippen LogP contribution in [-0.2, 0) is 0 Å². The number of para-hydroxylation sites is 2. The zero-order valence-electron chi connectivity index (χ0n) is 14.6. The van der Waals surface area contributed by atoms with Crippen LogP contribution in [0.5, 0.6) is 0 Å². The summed E-state index contributed by atoms with van der Waals surface area (Å²) in [7, 11) is 4.01. The molecule has 0 atom stereocenters. The molecule has 0 fully saturated rings. The molecule has 1 aromatic rings. The lowest BCUT2D eigenvalue weighted by molar-refractivity contribution is 0.452. The lowest BCUT2D eigenvalue weighted by Crippen LogP contribution is -2.37. The number of hydrazine groups is 1. The van der Waals surface area contributed by atoms with Crippen molar-refractivity contribution in [3.8, 4) is 0 Å². The second-order valence-corrected chi connectivity index (χ2v) is 5.78. The number of hydrogen-bond donors (Lipinski definition) is 4. The van der Waals surface area contributed by atoms with Crippen LogP contribution in [-0.4, -0.2) is 25.5 Å². The van der Waals surface area contributed by atoms with Crippen molar-refractivity contribution in [2.45, 2.75) is 0 Å². The lowest BCUT2D eigenvalue weighted by atomic mass is 10.1. The van der Waals surface area contributed by atoms with Gasteiger partial charge in [0, 0.05) is 26.3 Å². The van der Waals surface area contributed by atoms with E-state index in [2.05, 4.69) is 51.7 Å². The average molecular weight is 336 g/mol. The third-order valence-electron chi connectivity index (χ3n) is 4.34. The third-order valence-corrected chi connectivity index (χ3v) is 4.34. The van der Waals surface area contributed by atoms with E-state index in [1.165, 1.54) is 0 Å². The largest absolute Gasteiger partial charge is 0.366 e. The van der Waals surface area contributed by atoms with E-state index >= 15 is 0 Å². The van der Waals surface area contributed by atoms with Crippen LogP contribution in [0.1, 0.15) is 0 Å².